The molecule has 1 aliphatic carbocycles. The molecule has 0 aromatic heterocycles. The van der Waals surface area contributed by atoms with Crippen molar-refractivity contribution in [3.05, 3.63) is 22.2 Å². The van der Waals surface area contributed by atoms with Crippen molar-refractivity contribution in [1.29, 1.82) is 0 Å². The van der Waals surface area contributed by atoms with Gasteiger partial charge >= 0.3 is 0 Å². The second kappa shape index (κ2) is 4.00. The molecule has 0 atom stereocenters. The number of hydrogen-bond donors (Lipinski definition) is 0. The Morgan fingerprint density at radius 2 is 1.93 bits per heavy atom. The third kappa shape index (κ3) is 1.90. The molecular formula is C9H13N3O2. The number of hydrogen-bond acceptors (Lipinski definition) is 3. The molecule has 1 saturated heterocycles. The molecule has 1 aliphatic heterocycles. The van der Waals surface area contributed by atoms with Gasteiger partial charge in [0.2, 0.25) is 0 Å². The number of nitrogens with zero attached hydrogens (tertiary/aromatic N) is 3. The van der Waals surface area contributed by atoms with Crippen LogP contribution in [0.2, 0.25) is 0 Å². The summed E-state index contributed by atoms with van der Waals surface area (Å²) in [7, 11) is 0. The minimum absolute atomic E-state index is 0.326. The third-order valence-electron chi connectivity index (χ3n) is 2.76. The molecule has 1 spiro atoms. The van der Waals surface area contributed by atoms with Gasteiger partial charge in [-0.25, -0.2) is 0 Å². The van der Waals surface area contributed by atoms with Crippen LogP contribution in [0.4, 0.5) is 0 Å². The van der Waals surface area contributed by atoms with Crippen LogP contribution in [0.3, 0.4) is 0 Å². The SMILES string of the molecule is [N-]=[N+]=NC=C1CCC2(CC1)OCCO2. The van der Waals surface area contributed by atoms with Gasteiger partial charge in [-0.3, -0.25) is 0 Å². The maximum atomic E-state index is 8.17. The lowest BCUT2D eigenvalue weighted by Gasteiger charge is -2.32. The lowest BCUT2D eigenvalue weighted by Crippen LogP contribution is -2.33. The van der Waals surface area contributed by atoms with Crippen molar-refractivity contribution in [3.63, 3.8) is 0 Å². The molecule has 5 nitrogen and oxygen atoms in total. The van der Waals surface area contributed by atoms with Crippen molar-refractivity contribution in [3.8, 4) is 0 Å². The lowest BCUT2D eigenvalue weighted by atomic mass is 9.90. The highest BCUT2D eigenvalue weighted by atomic mass is 16.7. The van der Waals surface area contributed by atoms with Gasteiger partial charge in [-0.15, -0.1) is 0 Å². The highest BCUT2D eigenvalue weighted by molar-refractivity contribution is 5.06. The largest absolute Gasteiger partial charge is 0.348 e. The molecule has 2 rings (SSSR count). The topological polar surface area (TPSA) is 67.2 Å². The molecule has 2 aliphatic rings. The maximum Gasteiger partial charge on any atom is 0.169 e. The summed E-state index contributed by atoms with van der Waals surface area (Å²) < 4.78 is 11.2. The van der Waals surface area contributed by atoms with E-state index in [0.717, 1.165) is 25.7 Å². The first-order valence-corrected chi connectivity index (χ1v) is 4.85. The van der Waals surface area contributed by atoms with Gasteiger partial charge in [-0.1, -0.05) is 10.7 Å². The van der Waals surface area contributed by atoms with Crippen LogP contribution in [0.15, 0.2) is 16.9 Å². The van der Waals surface area contributed by atoms with Gasteiger partial charge in [0.05, 0.1) is 13.2 Å². The summed E-state index contributed by atoms with van der Waals surface area (Å²) in [5.41, 5.74) is 9.35. The molecule has 0 bridgehead atoms. The van der Waals surface area contributed by atoms with Crippen molar-refractivity contribution >= 4 is 0 Å². The van der Waals surface area contributed by atoms with Crippen LogP contribution in [0.1, 0.15) is 25.7 Å². The van der Waals surface area contributed by atoms with Crippen molar-refractivity contribution < 1.29 is 9.47 Å². The number of azide groups is 1. The predicted molar refractivity (Wildman–Crippen MR) is 50.3 cm³/mol. The Morgan fingerprint density at radius 1 is 1.29 bits per heavy atom. The summed E-state index contributed by atoms with van der Waals surface area (Å²) in [6.07, 6.45) is 5.17. The lowest BCUT2D eigenvalue weighted by molar-refractivity contribution is -0.171. The monoisotopic (exact) mass is 195 g/mol. The van der Waals surface area contributed by atoms with Crippen molar-refractivity contribution in [2.75, 3.05) is 13.2 Å². The first-order chi connectivity index (χ1) is 6.85. The Morgan fingerprint density at radius 3 is 2.50 bits per heavy atom. The molecule has 0 aromatic carbocycles. The quantitative estimate of drug-likeness (QED) is 0.366. The van der Waals surface area contributed by atoms with Crippen molar-refractivity contribution in [2.24, 2.45) is 5.11 Å². The molecule has 0 aromatic rings. The van der Waals surface area contributed by atoms with E-state index in [-0.39, 0.29) is 5.79 Å². The van der Waals surface area contributed by atoms with Gasteiger partial charge in [-0.05, 0) is 18.4 Å². The summed E-state index contributed by atoms with van der Waals surface area (Å²) >= 11 is 0. The highest BCUT2D eigenvalue weighted by Crippen LogP contribution is 2.37. The van der Waals surface area contributed by atoms with Crippen LogP contribution in [0.25, 0.3) is 10.4 Å². The molecule has 0 unspecified atom stereocenters. The molecule has 0 N–H and O–H groups in total. The Balaban J connectivity index is 1.94. The highest BCUT2D eigenvalue weighted by Gasteiger charge is 2.38. The first-order valence-electron chi connectivity index (χ1n) is 4.85. The van der Waals surface area contributed by atoms with E-state index in [1.165, 1.54) is 5.57 Å². The number of ether oxygens (including phenoxy) is 2. The molecule has 76 valence electrons. The Bertz CT molecular complexity index is 276. The molecule has 1 heterocycles. The fourth-order valence-corrected chi connectivity index (χ4v) is 1.97. The smallest absolute Gasteiger partial charge is 0.169 e. The van der Waals surface area contributed by atoms with Crippen molar-refractivity contribution in [2.45, 2.75) is 31.5 Å². The van der Waals surface area contributed by atoms with Crippen LogP contribution in [-0.4, -0.2) is 19.0 Å². The molecule has 0 amide bonds. The maximum absolute atomic E-state index is 8.17. The average molecular weight is 195 g/mol. The minimum Gasteiger partial charge on any atom is -0.348 e. The van der Waals surface area contributed by atoms with E-state index in [0.29, 0.717) is 13.2 Å². The fourth-order valence-electron chi connectivity index (χ4n) is 1.97. The van der Waals surface area contributed by atoms with Crippen LogP contribution < -0.4 is 0 Å². The second-order valence-electron chi connectivity index (χ2n) is 3.60. The van der Waals surface area contributed by atoms with E-state index in [2.05, 4.69) is 10.0 Å². The zero-order valence-electron chi connectivity index (χ0n) is 7.98. The molecule has 5 heteroatoms. The number of allylic oxidation sites excluding steroid dienone is 1. The molecular weight excluding hydrogens is 182 g/mol. The summed E-state index contributed by atoms with van der Waals surface area (Å²) in [6.45, 7) is 1.41. The van der Waals surface area contributed by atoms with Gasteiger partial charge in [0.25, 0.3) is 0 Å². The Hall–Kier alpha value is -1.03. The number of rotatable bonds is 1. The summed E-state index contributed by atoms with van der Waals surface area (Å²) in [6, 6.07) is 0. The van der Waals surface area contributed by atoms with Gasteiger partial charge in [-0.2, -0.15) is 0 Å². The van der Waals surface area contributed by atoms with E-state index in [1.54, 1.807) is 6.20 Å². The van der Waals surface area contributed by atoms with E-state index in [4.69, 9.17) is 15.0 Å². The molecule has 0 radical (unpaired) electrons. The summed E-state index contributed by atoms with van der Waals surface area (Å²) in [5, 5.41) is 3.45. The van der Waals surface area contributed by atoms with Crippen LogP contribution >= 0.6 is 0 Å². The van der Waals surface area contributed by atoms with Crippen LogP contribution in [0.5, 0.6) is 0 Å². The van der Waals surface area contributed by atoms with E-state index >= 15 is 0 Å². The summed E-state index contributed by atoms with van der Waals surface area (Å²) in [5.74, 6) is -0.326. The molecule has 2 fully saturated rings. The van der Waals surface area contributed by atoms with Gasteiger partial charge in [0.15, 0.2) is 5.79 Å². The minimum atomic E-state index is -0.326. The predicted octanol–water partition coefficient (Wildman–Crippen LogP) is 2.50. The van der Waals surface area contributed by atoms with E-state index in [1.807, 2.05) is 0 Å². The van der Waals surface area contributed by atoms with Crippen LogP contribution in [0, 0.1) is 0 Å². The summed E-state index contributed by atoms with van der Waals surface area (Å²) in [4.78, 5) is 2.70. The van der Waals surface area contributed by atoms with Gasteiger partial charge in [0.1, 0.15) is 0 Å². The first kappa shape index (κ1) is 9.52. The normalized spacial score (nSPS) is 24.7. The zero-order chi connectivity index (χ0) is 9.86. The third-order valence-corrected chi connectivity index (χ3v) is 2.76. The van der Waals surface area contributed by atoms with Crippen molar-refractivity contribution in [1.82, 2.24) is 0 Å². The molecule has 1 saturated carbocycles. The standard InChI is InChI=1S/C9H13N3O2/c10-12-11-7-8-1-3-9(4-2-8)13-5-6-14-9/h7H,1-6H2. The van der Waals surface area contributed by atoms with Gasteiger partial charge < -0.3 is 9.47 Å². The Kier molecular flexibility index (Phi) is 2.72. The van der Waals surface area contributed by atoms with Crippen LogP contribution in [-0.2, 0) is 9.47 Å². The van der Waals surface area contributed by atoms with Gasteiger partial charge in [0, 0.05) is 24.0 Å². The zero-order valence-corrected chi connectivity index (χ0v) is 7.98. The second-order valence-corrected chi connectivity index (χ2v) is 3.60. The molecule has 14 heavy (non-hydrogen) atoms. The van der Waals surface area contributed by atoms with E-state index < -0.39 is 0 Å². The van der Waals surface area contributed by atoms with E-state index in [9.17, 15) is 0 Å². The Labute approximate surface area is 82.3 Å². The fraction of sp³-hybridized carbons (Fsp3) is 0.778. The average Bonchev–Trinajstić information content (AvgIpc) is 2.66.